The van der Waals surface area contributed by atoms with Crippen molar-refractivity contribution < 1.29 is 18.7 Å². The minimum atomic E-state index is -0.348. The van der Waals surface area contributed by atoms with E-state index in [0.717, 1.165) is 49.8 Å². The number of fused-ring (bicyclic) bond motifs is 1. The maximum absolute atomic E-state index is 13.3. The van der Waals surface area contributed by atoms with Gasteiger partial charge in [0.05, 0.1) is 29.0 Å². The number of esters is 1. The van der Waals surface area contributed by atoms with Gasteiger partial charge in [-0.25, -0.2) is 0 Å². The highest BCUT2D eigenvalue weighted by atomic mass is 35.5. The number of ketones is 1. The highest BCUT2D eigenvalue weighted by Crippen LogP contribution is 2.34. The Hall–Kier alpha value is -2.01. The Balaban J connectivity index is 2.08. The minimum Gasteiger partial charge on any atom is -0.462 e. The first kappa shape index (κ1) is 20.7. The molecule has 0 N–H and O–H groups in total. The van der Waals surface area contributed by atoms with Crippen molar-refractivity contribution in [1.29, 1.82) is 0 Å². The number of unbranched alkanes of at least 4 members (excludes halogenated alkanes) is 1. The number of nitrogens with zero attached hydrogens (tertiary/aromatic N) is 1. The van der Waals surface area contributed by atoms with Gasteiger partial charge < -0.3 is 13.7 Å². The van der Waals surface area contributed by atoms with Crippen LogP contribution in [-0.4, -0.2) is 22.4 Å². The first-order valence-corrected chi connectivity index (χ1v) is 10.5. The van der Waals surface area contributed by atoms with E-state index < -0.39 is 0 Å². The standard InChI is InChI=1S/C22H28ClNO4/c1-4-5-8-15-13-18-16(22(26)28-14(2)3)9-6-7-11-24(18)19(15)20(25)21-17(23)10-12-27-21/h10,12-14,16H,4-9,11H2,1-3H3. The van der Waals surface area contributed by atoms with E-state index in [1.54, 1.807) is 6.07 Å². The summed E-state index contributed by atoms with van der Waals surface area (Å²) in [6.07, 6.45) is 6.59. The number of ether oxygens (including phenoxy) is 1. The highest BCUT2D eigenvalue weighted by Gasteiger charge is 2.33. The number of hydrogen-bond donors (Lipinski definition) is 0. The summed E-state index contributed by atoms with van der Waals surface area (Å²) in [5, 5.41) is 0.311. The third kappa shape index (κ3) is 4.19. The molecule has 0 spiro atoms. The summed E-state index contributed by atoms with van der Waals surface area (Å²) in [6.45, 7) is 6.53. The molecule has 0 fully saturated rings. The zero-order valence-electron chi connectivity index (χ0n) is 16.8. The Morgan fingerprint density at radius 1 is 1.36 bits per heavy atom. The van der Waals surface area contributed by atoms with Crippen LogP contribution in [0.3, 0.4) is 0 Å². The fourth-order valence-corrected chi connectivity index (χ4v) is 4.05. The van der Waals surface area contributed by atoms with Crippen molar-refractivity contribution in [3.8, 4) is 0 Å². The molecule has 0 saturated carbocycles. The molecule has 1 atom stereocenters. The van der Waals surface area contributed by atoms with E-state index in [4.69, 9.17) is 20.8 Å². The number of carbonyl (C=O) groups is 2. The lowest BCUT2D eigenvalue weighted by molar-refractivity contribution is -0.149. The molecule has 1 aliphatic heterocycles. The predicted molar refractivity (Wildman–Crippen MR) is 108 cm³/mol. The molecule has 1 unspecified atom stereocenters. The van der Waals surface area contributed by atoms with Crippen molar-refractivity contribution in [2.24, 2.45) is 0 Å². The van der Waals surface area contributed by atoms with Crippen molar-refractivity contribution in [2.75, 3.05) is 0 Å². The number of halogens is 1. The zero-order chi connectivity index (χ0) is 20.3. The summed E-state index contributed by atoms with van der Waals surface area (Å²) in [5.74, 6) is -0.622. The van der Waals surface area contributed by atoms with Gasteiger partial charge in [-0.05, 0) is 57.2 Å². The van der Waals surface area contributed by atoms with Crippen molar-refractivity contribution >= 4 is 23.4 Å². The van der Waals surface area contributed by atoms with Gasteiger partial charge in [-0.3, -0.25) is 9.59 Å². The quantitative estimate of drug-likeness (QED) is 0.449. The Bertz CT molecular complexity index is 849. The Morgan fingerprint density at radius 2 is 2.14 bits per heavy atom. The summed E-state index contributed by atoms with van der Waals surface area (Å²) in [7, 11) is 0. The number of hydrogen-bond acceptors (Lipinski definition) is 4. The minimum absolute atomic E-state index is 0.158. The number of aryl methyl sites for hydroxylation is 1. The van der Waals surface area contributed by atoms with Crippen LogP contribution in [0.5, 0.6) is 0 Å². The van der Waals surface area contributed by atoms with Crippen LogP contribution in [0.2, 0.25) is 5.02 Å². The Labute approximate surface area is 171 Å². The second-order valence-corrected chi connectivity index (χ2v) is 8.07. The monoisotopic (exact) mass is 405 g/mol. The van der Waals surface area contributed by atoms with Crippen molar-refractivity contribution in [2.45, 2.75) is 77.9 Å². The summed E-state index contributed by atoms with van der Waals surface area (Å²) >= 11 is 6.16. The van der Waals surface area contributed by atoms with Gasteiger partial charge in [0.1, 0.15) is 0 Å². The molecule has 3 heterocycles. The second kappa shape index (κ2) is 8.99. The van der Waals surface area contributed by atoms with Gasteiger partial charge in [0.2, 0.25) is 5.78 Å². The topological polar surface area (TPSA) is 61.4 Å². The van der Waals surface area contributed by atoms with Crippen molar-refractivity contribution in [3.05, 3.63) is 46.1 Å². The van der Waals surface area contributed by atoms with Gasteiger partial charge in [0.15, 0.2) is 5.76 Å². The fourth-order valence-electron chi connectivity index (χ4n) is 3.87. The smallest absolute Gasteiger partial charge is 0.315 e. The van der Waals surface area contributed by atoms with Crippen molar-refractivity contribution in [1.82, 2.24) is 4.57 Å². The Kier molecular flexibility index (Phi) is 6.65. The molecule has 2 aromatic rings. The molecule has 0 aliphatic carbocycles. The van der Waals surface area contributed by atoms with E-state index in [1.807, 2.05) is 24.5 Å². The van der Waals surface area contributed by atoms with Crippen LogP contribution < -0.4 is 0 Å². The molecular formula is C22H28ClNO4. The van der Waals surface area contributed by atoms with Gasteiger partial charge in [-0.2, -0.15) is 0 Å². The lowest BCUT2D eigenvalue weighted by atomic mass is 9.98. The number of furan rings is 1. The molecule has 6 heteroatoms. The first-order valence-electron chi connectivity index (χ1n) is 10.1. The molecule has 0 aromatic carbocycles. The molecule has 1 aliphatic rings. The molecule has 3 rings (SSSR count). The Morgan fingerprint density at radius 3 is 2.79 bits per heavy atom. The summed E-state index contributed by atoms with van der Waals surface area (Å²) in [6, 6.07) is 3.60. The van der Waals surface area contributed by atoms with Crippen molar-refractivity contribution in [3.63, 3.8) is 0 Å². The molecule has 152 valence electrons. The number of rotatable bonds is 7. The van der Waals surface area contributed by atoms with Crippen LogP contribution in [0.25, 0.3) is 0 Å². The summed E-state index contributed by atoms with van der Waals surface area (Å²) in [4.78, 5) is 26.0. The fraction of sp³-hybridized carbons (Fsp3) is 0.545. The van der Waals surface area contributed by atoms with Gasteiger partial charge in [-0.1, -0.05) is 31.4 Å². The lowest BCUT2D eigenvalue weighted by Crippen LogP contribution is -2.22. The molecular weight excluding hydrogens is 378 g/mol. The van der Waals surface area contributed by atoms with Crippen LogP contribution in [0.4, 0.5) is 0 Å². The van der Waals surface area contributed by atoms with E-state index in [-0.39, 0.29) is 29.5 Å². The zero-order valence-corrected chi connectivity index (χ0v) is 17.6. The van der Waals surface area contributed by atoms with E-state index in [9.17, 15) is 9.59 Å². The first-order chi connectivity index (χ1) is 13.4. The van der Waals surface area contributed by atoms with Crippen LogP contribution in [0.1, 0.15) is 86.3 Å². The van der Waals surface area contributed by atoms with E-state index in [0.29, 0.717) is 17.3 Å². The van der Waals surface area contributed by atoms with Crippen LogP contribution >= 0.6 is 11.6 Å². The van der Waals surface area contributed by atoms with Crippen LogP contribution in [-0.2, 0) is 22.5 Å². The van der Waals surface area contributed by atoms with E-state index >= 15 is 0 Å². The normalized spacial score (nSPS) is 16.7. The average molecular weight is 406 g/mol. The van der Waals surface area contributed by atoms with Crippen LogP contribution in [0, 0.1) is 0 Å². The largest absolute Gasteiger partial charge is 0.462 e. The SMILES string of the molecule is CCCCc1cc2n(c1C(=O)c1occc1Cl)CCCCC2C(=O)OC(C)C. The summed E-state index contributed by atoms with van der Waals surface area (Å²) < 4.78 is 12.9. The molecule has 0 radical (unpaired) electrons. The molecule has 0 bridgehead atoms. The maximum Gasteiger partial charge on any atom is 0.315 e. The molecule has 5 nitrogen and oxygen atoms in total. The average Bonchev–Trinajstić information content (AvgIpc) is 3.16. The second-order valence-electron chi connectivity index (χ2n) is 7.66. The van der Waals surface area contributed by atoms with E-state index in [1.165, 1.54) is 6.26 Å². The van der Waals surface area contributed by atoms with Gasteiger partial charge in [0.25, 0.3) is 0 Å². The van der Waals surface area contributed by atoms with E-state index in [2.05, 4.69) is 6.92 Å². The molecule has 0 saturated heterocycles. The third-order valence-electron chi connectivity index (χ3n) is 5.16. The maximum atomic E-state index is 13.3. The third-order valence-corrected chi connectivity index (χ3v) is 5.46. The number of aromatic nitrogens is 1. The predicted octanol–water partition coefficient (Wildman–Crippen LogP) is 5.53. The van der Waals surface area contributed by atoms with Gasteiger partial charge in [-0.15, -0.1) is 0 Å². The highest BCUT2D eigenvalue weighted by molar-refractivity contribution is 6.34. The lowest BCUT2D eigenvalue weighted by Gasteiger charge is -2.17. The van der Waals surface area contributed by atoms with Gasteiger partial charge >= 0.3 is 5.97 Å². The molecule has 2 aromatic heterocycles. The number of carbonyl (C=O) groups excluding carboxylic acids is 2. The summed E-state index contributed by atoms with van der Waals surface area (Å²) in [5.41, 5.74) is 2.43. The van der Waals surface area contributed by atoms with Crippen LogP contribution in [0.15, 0.2) is 22.8 Å². The molecule has 0 amide bonds. The van der Waals surface area contributed by atoms with Gasteiger partial charge in [0, 0.05) is 12.2 Å². The molecule has 28 heavy (non-hydrogen) atoms.